The van der Waals surface area contributed by atoms with Crippen LogP contribution < -0.4 is 5.73 Å². The van der Waals surface area contributed by atoms with Gasteiger partial charge in [0.15, 0.2) is 0 Å². The quantitative estimate of drug-likeness (QED) is 0.725. The summed E-state index contributed by atoms with van der Waals surface area (Å²) in [6.07, 6.45) is 2.43. The summed E-state index contributed by atoms with van der Waals surface area (Å²) in [5.41, 5.74) is 6.47. The third-order valence-electron chi connectivity index (χ3n) is 2.83. The van der Waals surface area contributed by atoms with Gasteiger partial charge in [0, 0.05) is 12.1 Å². The zero-order valence-electron chi connectivity index (χ0n) is 9.56. The number of hydrogen-bond donors (Lipinski definition) is 1. The van der Waals surface area contributed by atoms with Crippen LogP contribution >= 0.6 is 0 Å². The lowest BCUT2D eigenvalue weighted by Gasteiger charge is -2.24. The van der Waals surface area contributed by atoms with Crippen molar-refractivity contribution in [1.29, 1.82) is 0 Å². The van der Waals surface area contributed by atoms with E-state index in [9.17, 15) is 0 Å². The second-order valence-corrected chi connectivity index (χ2v) is 5.93. The maximum absolute atomic E-state index is 5.95. The average molecular weight is 184 g/mol. The molecule has 0 aromatic rings. The molecule has 2 nitrogen and oxygen atoms in total. The van der Waals surface area contributed by atoms with E-state index in [1.165, 1.54) is 19.5 Å². The molecule has 1 aliphatic rings. The topological polar surface area (TPSA) is 29.3 Å². The fourth-order valence-electron chi connectivity index (χ4n) is 1.86. The molecular weight excluding hydrogens is 160 g/mol. The molecule has 78 valence electrons. The van der Waals surface area contributed by atoms with Crippen molar-refractivity contribution in [3.05, 3.63) is 0 Å². The Labute approximate surface area is 82.5 Å². The van der Waals surface area contributed by atoms with Crippen LogP contribution in [0.2, 0.25) is 0 Å². The monoisotopic (exact) mass is 184 g/mol. The van der Waals surface area contributed by atoms with E-state index in [-0.39, 0.29) is 5.54 Å². The highest BCUT2D eigenvalue weighted by atomic mass is 15.2. The van der Waals surface area contributed by atoms with Gasteiger partial charge in [-0.2, -0.15) is 0 Å². The summed E-state index contributed by atoms with van der Waals surface area (Å²) in [5, 5.41) is 0. The summed E-state index contributed by atoms with van der Waals surface area (Å²) in [4.78, 5) is 2.54. The van der Waals surface area contributed by atoms with Crippen molar-refractivity contribution in [3.8, 4) is 0 Å². The molecule has 0 aromatic carbocycles. The van der Waals surface area contributed by atoms with Crippen molar-refractivity contribution >= 4 is 0 Å². The minimum Gasteiger partial charge on any atom is -0.326 e. The summed E-state index contributed by atoms with van der Waals surface area (Å²) in [5.74, 6) is 0. The number of nitrogens with zero attached hydrogens (tertiary/aromatic N) is 1. The molecule has 1 aliphatic heterocycles. The molecule has 0 atom stereocenters. The molecule has 0 saturated carbocycles. The highest BCUT2D eigenvalue weighted by molar-refractivity contribution is 4.84. The lowest BCUT2D eigenvalue weighted by molar-refractivity contribution is 0.266. The highest BCUT2D eigenvalue weighted by Gasteiger charge is 2.29. The van der Waals surface area contributed by atoms with E-state index < -0.39 is 0 Å². The normalized spacial score (nSPS) is 23.8. The van der Waals surface area contributed by atoms with Crippen molar-refractivity contribution < 1.29 is 0 Å². The molecular formula is C11H24N2. The molecule has 1 rings (SSSR count). The molecule has 0 unspecified atom stereocenters. The maximum Gasteiger partial charge on any atom is 0.0109 e. The molecule has 1 saturated heterocycles. The first-order valence-electron chi connectivity index (χ1n) is 5.30. The largest absolute Gasteiger partial charge is 0.326 e. The van der Waals surface area contributed by atoms with Gasteiger partial charge >= 0.3 is 0 Å². The Hall–Kier alpha value is -0.0800. The summed E-state index contributed by atoms with van der Waals surface area (Å²) in [7, 11) is 0. The smallest absolute Gasteiger partial charge is 0.0109 e. The maximum atomic E-state index is 5.95. The van der Waals surface area contributed by atoms with E-state index >= 15 is 0 Å². The molecule has 0 bridgehead atoms. The van der Waals surface area contributed by atoms with Crippen LogP contribution in [0.4, 0.5) is 0 Å². The van der Waals surface area contributed by atoms with E-state index in [1.54, 1.807) is 0 Å². The van der Waals surface area contributed by atoms with Crippen LogP contribution in [0, 0.1) is 5.41 Å². The predicted octanol–water partition coefficient (Wildman–Crippen LogP) is 1.85. The van der Waals surface area contributed by atoms with Crippen molar-refractivity contribution in [2.75, 3.05) is 19.6 Å². The molecule has 0 aliphatic carbocycles. The first-order valence-corrected chi connectivity index (χ1v) is 5.30. The number of likely N-dealkylation sites (tertiary alicyclic amines) is 1. The predicted molar refractivity (Wildman–Crippen MR) is 57.7 cm³/mol. The first kappa shape index (κ1) is 11.0. The van der Waals surface area contributed by atoms with Gasteiger partial charge in [-0.1, -0.05) is 13.8 Å². The van der Waals surface area contributed by atoms with Gasteiger partial charge in [-0.25, -0.2) is 0 Å². The van der Waals surface area contributed by atoms with Crippen LogP contribution in [-0.4, -0.2) is 30.1 Å². The molecule has 13 heavy (non-hydrogen) atoms. The van der Waals surface area contributed by atoms with Gasteiger partial charge in [-0.15, -0.1) is 0 Å². The number of rotatable bonds is 3. The van der Waals surface area contributed by atoms with E-state index in [2.05, 4.69) is 32.6 Å². The van der Waals surface area contributed by atoms with Gasteiger partial charge in [0.05, 0.1) is 0 Å². The number of nitrogens with two attached hydrogens (primary N) is 1. The Kier molecular flexibility index (Phi) is 3.03. The van der Waals surface area contributed by atoms with Crippen LogP contribution in [0.1, 0.15) is 40.5 Å². The van der Waals surface area contributed by atoms with E-state index in [0.29, 0.717) is 5.41 Å². The zero-order chi connectivity index (χ0) is 10.1. The van der Waals surface area contributed by atoms with Crippen LogP contribution in [0.3, 0.4) is 0 Å². The van der Waals surface area contributed by atoms with Gasteiger partial charge in [0.2, 0.25) is 0 Å². The lowest BCUT2D eigenvalue weighted by Crippen LogP contribution is -2.37. The van der Waals surface area contributed by atoms with Crippen molar-refractivity contribution in [2.24, 2.45) is 11.1 Å². The minimum absolute atomic E-state index is 0.00721. The van der Waals surface area contributed by atoms with Crippen molar-refractivity contribution in [1.82, 2.24) is 4.90 Å². The highest BCUT2D eigenvalue weighted by Crippen LogP contribution is 2.28. The second-order valence-electron chi connectivity index (χ2n) is 5.93. The molecule has 0 radical (unpaired) electrons. The SMILES string of the molecule is CC(C)(N)CCN1CCC(C)(C)C1. The Balaban J connectivity index is 2.25. The molecule has 0 spiro atoms. The molecule has 0 amide bonds. The zero-order valence-corrected chi connectivity index (χ0v) is 9.56. The lowest BCUT2D eigenvalue weighted by atomic mass is 9.93. The molecule has 1 fully saturated rings. The molecule has 0 aromatic heterocycles. The van der Waals surface area contributed by atoms with Crippen LogP contribution in [0.25, 0.3) is 0 Å². The Morgan fingerprint density at radius 1 is 1.38 bits per heavy atom. The van der Waals surface area contributed by atoms with Gasteiger partial charge < -0.3 is 10.6 Å². The Bertz CT molecular complexity index is 167. The second kappa shape index (κ2) is 3.58. The third-order valence-corrected chi connectivity index (χ3v) is 2.83. The summed E-state index contributed by atoms with van der Waals surface area (Å²) >= 11 is 0. The van der Waals surface area contributed by atoms with Gasteiger partial charge in [0.25, 0.3) is 0 Å². The average Bonchev–Trinajstić information content (AvgIpc) is 2.24. The summed E-state index contributed by atoms with van der Waals surface area (Å²) in [6.45, 7) is 12.6. The first-order chi connectivity index (χ1) is 5.79. The van der Waals surface area contributed by atoms with Gasteiger partial charge in [0.1, 0.15) is 0 Å². The van der Waals surface area contributed by atoms with E-state index in [0.717, 1.165) is 13.0 Å². The molecule has 2 N–H and O–H groups in total. The van der Waals surface area contributed by atoms with Crippen LogP contribution in [0.5, 0.6) is 0 Å². The van der Waals surface area contributed by atoms with Crippen LogP contribution in [-0.2, 0) is 0 Å². The third kappa shape index (κ3) is 4.10. The number of hydrogen-bond acceptors (Lipinski definition) is 2. The standard InChI is InChI=1S/C11H24N2/c1-10(2)5-7-13(9-10)8-6-11(3,4)12/h5-9,12H2,1-4H3. The Morgan fingerprint density at radius 3 is 2.38 bits per heavy atom. The minimum atomic E-state index is -0.00721. The summed E-state index contributed by atoms with van der Waals surface area (Å²) in [6, 6.07) is 0. The van der Waals surface area contributed by atoms with Gasteiger partial charge in [-0.3, -0.25) is 0 Å². The Morgan fingerprint density at radius 2 is 2.00 bits per heavy atom. The fourth-order valence-corrected chi connectivity index (χ4v) is 1.86. The fraction of sp³-hybridized carbons (Fsp3) is 1.00. The molecule has 1 heterocycles. The van der Waals surface area contributed by atoms with E-state index in [1.807, 2.05) is 0 Å². The summed E-state index contributed by atoms with van der Waals surface area (Å²) < 4.78 is 0. The van der Waals surface area contributed by atoms with Gasteiger partial charge in [-0.05, 0) is 45.2 Å². The van der Waals surface area contributed by atoms with E-state index in [4.69, 9.17) is 5.73 Å². The van der Waals surface area contributed by atoms with Crippen molar-refractivity contribution in [3.63, 3.8) is 0 Å². The van der Waals surface area contributed by atoms with Crippen molar-refractivity contribution in [2.45, 2.75) is 46.1 Å². The van der Waals surface area contributed by atoms with Crippen LogP contribution in [0.15, 0.2) is 0 Å². The molecule has 2 heteroatoms.